The van der Waals surface area contributed by atoms with E-state index >= 15 is 0 Å². The van der Waals surface area contributed by atoms with Gasteiger partial charge in [0.1, 0.15) is 22.2 Å². The number of nitrogens with zero attached hydrogens (tertiary/aromatic N) is 3. The first-order valence-corrected chi connectivity index (χ1v) is 12.0. The van der Waals surface area contributed by atoms with Gasteiger partial charge in [-0.25, -0.2) is 12.8 Å². The van der Waals surface area contributed by atoms with Crippen molar-refractivity contribution in [3.8, 4) is 17.1 Å². The second kappa shape index (κ2) is 8.27. The van der Waals surface area contributed by atoms with Crippen molar-refractivity contribution in [1.29, 1.82) is 0 Å². The van der Waals surface area contributed by atoms with Crippen molar-refractivity contribution >= 4 is 21.6 Å². The zero-order valence-electron chi connectivity index (χ0n) is 18.0. The van der Waals surface area contributed by atoms with E-state index < -0.39 is 10.0 Å². The second-order valence-electron chi connectivity index (χ2n) is 8.02. The number of hydrogen-bond donors (Lipinski definition) is 0. The Labute approximate surface area is 190 Å². The molecule has 0 unspecified atom stereocenters. The Balaban J connectivity index is 1.46. The van der Waals surface area contributed by atoms with Crippen LogP contribution in [-0.2, 0) is 27.8 Å². The highest BCUT2D eigenvalue weighted by atomic mass is 32.2. The molecule has 0 spiro atoms. The van der Waals surface area contributed by atoms with Crippen molar-refractivity contribution in [2.75, 3.05) is 25.1 Å². The third-order valence-corrected chi connectivity index (χ3v) is 7.93. The van der Waals surface area contributed by atoms with E-state index in [2.05, 4.69) is 5.16 Å². The normalized spacial score (nSPS) is 16.8. The second-order valence-corrected chi connectivity index (χ2v) is 9.92. The van der Waals surface area contributed by atoms with E-state index in [1.54, 1.807) is 29.2 Å². The number of carbonyl (C=O) groups excluding carboxylic acids is 1. The SMILES string of the molecule is COc1ccc(N2CCCC2=O)cc1S(=O)(=O)N1CCc2c(noc2-c2ccc(F)cc2)C1. The van der Waals surface area contributed by atoms with Crippen LogP contribution < -0.4 is 9.64 Å². The van der Waals surface area contributed by atoms with Crippen LogP contribution in [-0.4, -0.2) is 44.0 Å². The maximum absolute atomic E-state index is 13.6. The molecule has 0 atom stereocenters. The van der Waals surface area contributed by atoms with Crippen molar-refractivity contribution in [2.24, 2.45) is 0 Å². The Morgan fingerprint density at radius 1 is 1.09 bits per heavy atom. The van der Waals surface area contributed by atoms with Crippen LogP contribution in [0.3, 0.4) is 0 Å². The van der Waals surface area contributed by atoms with Crippen LogP contribution in [0.4, 0.5) is 10.1 Å². The van der Waals surface area contributed by atoms with E-state index in [0.29, 0.717) is 42.1 Å². The predicted molar refractivity (Wildman–Crippen MR) is 118 cm³/mol. The van der Waals surface area contributed by atoms with Crippen molar-refractivity contribution < 1.29 is 26.9 Å². The maximum Gasteiger partial charge on any atom is 0.247 e. The molecule has 1 saturated heterocycles. The molecule has 1 aromatic heterocycles. The van der Waals surface area contributed by atoms with Crippen LogP contribution in [0.5, 0.6) is 5.75 Å². The number of halogens is 1. The van der Waals surface area contributed by atoms with Gasteiger partial charge in [0.25, 0.3) is 0 Å². The first-order valence-electron chi connectivity index (χ1n) is 10.6. The lowest BCUT2D eigenvalue weighted by Crippen LogP contribution is -2.36. The molecule has 2 aromatic carbocycles. The van der Waals surface area contributed by atoms with Gasteiger partial charge in [-0.1, -0.05) is 5.16 Å². The summed E-state index contributed by atoms with van der Waals surface area (Å²) in [6.07, 6.45) is 1.59. The largest absolute Gasteiger partial charge is 0.495 e. The van der Waals surface area contributed by atoms with Crippen LogP contribution in [0.25, 0.3) is 11.3 Å². The number of fused-ring (bicyclic) bond motifs is 1. The van der Waals surface area contributed by atoms with Crippen LogP contribution in [0.15, 0.2) is 51.9 Å². The topological polar surface area (TPSA) is 93.0 Å². The van der Waals surface area contributed by atoms with Gasteiger partial charge >= 0.3 is 0 Å². The van der Waals surface area contributed by atoms with Gasteiger partial charge in [-0.2, -0.15) is 4.31 Å². The molecular weight excluding hydrogens is 449 g/mol. The van der Waals surface area contributed by atoms with Gasteiger partial charge in [0.15, 0.2) is 5.76 Å². The van der Waals surface area contributed by atoms with E-state index in [4.69, 9.17) is 9.26 Å². The van der Waals surface area contributed by atoms with Crippen LogP contribution in [0.1, 0.15) is 24.1 Å². The maximum atomic E-state index is 13.6. The highest BCUT2D eigenvalue weighted by molar-refractivity contribution is 7.89. The molecule has 0 N–H and O–H groups in total. The molecule has 5 rings (SSSR count). The summed E-state index contributed by atoms with van der Waals surface area (Å²) >= 11 is 0. The molecule has 2 aliphatic rings. The lowest BCUT2D eigenvalue weighted by atomic mass is 10.0. The molecule has 0 bridgehead atoms. The van der Waals surface area contributed by atoms with Gasteiger partial charge in [0.2, 0.25) is 15.9 Å². The monoisotopic (exact) mass is 471 g/mol. The highest BCUT2D eigenvalue weighted by Crippen LogP contribution is 2.36. The van der Waals surface area contributed by atoms with E-state index in [1.165, 1.54) is 29.6 Å². The van der Waals surface area contributed by atoms with Gasteiger partial charge in [-0.15, -0.1) is 0 Å². The van der Waals surface area contributed by atoms with Crippen molar-refractivity contribution in [2.45, 2.75) is 30.7 Å². The molecule has 1 amide bonds. The van der Waals surface area contributed by atoms with E-state index in [0.717, 1.165) is 12.0 Å². The number of methoxy groups -OCH3 is 1. The first-order chi connectivity index (χ1) is 15.9. The molecule has 10 heteroatoms. The molecule has 33 heavy (non-hydrogen) atoms. The van der Waals surface area contributed by atoms with Gasteiger partial charge in [-0.3, -0.25) is 4.79 Å². The fourth-order valence-electron chi connectivity index (χ4n) is 4.34. The number of amides is 1. The molecule has 0 saturated carbocycles. The minimum atomic E-state index is -3.94. The third-order valence-electron chi connectivity index (χ3n) is 6.06. The van der Waals surface area contributed by atoms with Crippen LogP contribution in [0.2, 0.25) is 0 Å². The predicted octanol–water partition coefficient (Wildman–Crippen LogP) is 3.36. The van der Waals surface area contributed by atoms with Crippen LogP contribution >= 0.6 is 0 Å². The third kappa shape index (κ3) is 3.79. The van der Waals surface area contributed by atoms with Crippen molar-refractivity contribution in [1.82, 2.24) is 9.46 Å². The van der Waals surface area contributed by atoms with Crippen molar-refractivity contribution in [3.05, 3.63) is 59.5 Å². The van der Waals surface area contributed by atoms with E-state index in [-0.39, 0.29) is 35.5 Å². The number of anilines is 1. The number of sulfonamides is 1. The molecule has 3 aromatic rings. The number of rotatable bonds is 5. The summed E-state index contributed by atoms with van der Waals surface area (Å²) in [7, 11) is -2.53. The summed E-state index contributed by atoms with van der Waals surface area (Å²) < 4.78 is 52.6. The van der Waals surface area contributed by atoms with E-state index in [9.17, 15) is 17.6 Å². The fraction of sp³-hybridized carbons (Fsp3) is 0.304. The Bertz CT molecular complexity index is 1320. The lowest BCUT2D eigenvalue weighted by Gasteiger charge is -2.27. The van der Waals surface area contributed by atoms with Gasteiger partial charge in [0.05, 0.1) is 13.7 Å². The summed E-state index contributed by atoms with van der Waals surface area (Å²) in [4.78, 5) is 13.8. The molecule has 0 aliphatic carbocycles. The molecule has 2 aliphatic heterocycles. The molecule has 3 heterocycles. The Morgan fingerprint density at radius 2 is 1.88 bits per heavy atom. The smallest absolute Gasteiger partial charge is 0.247 e. The summed E-state index contributed by atoms with van der Waals surface area (Å²) in [5.74, 6) is 0.357. The average Bonchev–Trinajstić information content (AvgIpc) is 3.45. The molecule has 1 fully saturated rings. The number of hydrogen-bond acceptors (Lipinski definition) is 6. The quantitative estimate of drug-likeness (QED) is 0.567. The molecule has 172 valence electrons. The summed E-state index contributed by atoms with van der Waals surface area (Å²) in [6.45, 7) is 0.821. The minimum Gasteiger partial charge on any atom is -0.495 e. The number of carbonyl (C=O) groups is 1. The Morgan fingerprint density at radius 3 is 2.58 bits per heavy atom. The first kappa shape index (κ1) is 21.6. The minimum absolute atomic E-state index is 0.00732. The average molecular weight is 472 g/mol. The molecular formula is C23H22FN3O5S. The lowest BCUT2D eigenvalue weighted by molar-refractivity contribution is -0.117. The number of ether oxygens (including phenoxy) is 1. The fourth-order valence-corrected chi connectivity index (χ4v) is 5.91. The summed E-state index contributed by atoms with van der Waals surface area (Å²) in [5.41, 5.74) is 2.56. The van der Waals surface area contributed by atoms with Crippen LogP contribution in [0, 0.1) is 5.82 Å². The standard InChI is InChI=1S/C23H22FN3O5S/c1-31-20-9-8-17(27-11-2-3-22(27)28)13-21(20)33(29,30)26-12-10-18-19(14-26)25-32-23(18)15-4-6-16(24)7-5-15/h4-9,13H,2-3,10-12,14H2,1H3. The molecule has 0 radical (unpaired) electrons. The Kier molecular flexibility index (Phi) is 5.41. The van der Waals surface area contributed by atoms with Gasteiger partial charge in [0, 0.05) is 36.3 Å². The Hall–Kier alpha value is -3.24. The van der Waals surface area contributed by atoms with Gasteiger partial charge < -0.3 is 14.2 Å². The zero-order valence-corrected chi connectivity index (χ0v) is 18.8. The molecule has 8 nitrogen and oxygen atoms in total. The van der Waals surface area contributed by atoms with E-state index in [1.807, 2.05) is 0 Å². The number of aromatic nitrogens is 1. The van der Waals surface area contributed by atoms with Crippen molar-refractivity contribution in [3.63, 3.8) is 0 Å². The van der Waals surface area contributed by atoms with Gasteiger partial charge in [-0.05, 0) is 55.3 Å². The highest BCUT2D eigenvalue weighted by Gasteiger charge is 2.35. The summed E-state index contributed by atoms with van der Waals surface area (Å²) in [5, 5.41) is 4.09. The zero-order chi connectivity index (χ0) is 23.2. The number of benzene rings is 2. The summed E-state index contributed by atoms with van der Waals surface area (Å²) in [6, 6.07) is 10.7.